The molecule has 3 nitrogen and oxygen atoms in total. The third kappa shape index (κ3) is 2.59. The number of nitrogens with zero attached hydrogens (tertiary/aromatic N) is 2. The fourth-order valence-corrected chi connectivity index (χ4v) is 2.29. The average Bonchev–Trinajstić information content (AvgIpc) is 2.31. The van der Waals surface area contributed by atoms with E-state index in [4.69, 9.17) is 5.73 Å². The van der Waals surface area contributed by atoms with Gasteiger partial charge in [0.1, 0.15) is 10.1 Å². The van der Waals surface area contributed by atoms with Crippen molar-refractivity contribution < 1.29 is 0 Å². The third-order valence-electron chi connectivity index (χ3n) is 2.13. The van der Waals surface area contributed by atoms with Gasteiger partial charge >= 0.3 is 0 Å². The van der Waals surface area contributed by atoms with Gasteiger partial charge in [-0.25, -0.2) is 9.97 Å². The molecule has 0 radical (unpaired) electrons. The number of nitrogens with two attached hydrogens (primary N) is 1. The van der Waals surface area contributed by atoms with Crippen LogP contribution in [0.1, 0.15) is 18.5 Å². The van der Waals surface area contributed by atoms with E-state index >= 15 is 0 Å². The first-order chi connectivity index (χ1) is 7.77. The second-order valence-electron chi connectivity index (χ2n) is 3.46. The van der Waals surface area contributed by atoms with Gasteiger partial charge in [-0.05, 0) is 36.9 Å². The highest BCUT2D eigenvalue weighted by Crippen LogP contribution is 2.29. The van der Waals surface area contributed by atoms with Crippen LogP contribution in [-0.4, -0.2) is 9.97 Å². The SMILES string of the molecule is CC(N)c1cccnc1Sc1ccccn1. The Hall–Kier alpha value is -1.39. The van der Waals surface area contributed by atoms with Crippen molar-refractivity contribution in [2.24, 2.45) is 5.73 Å². The predicted octanol–water partition coefficient (Wildman–Crippen LogP) is 2.65. The molecule has 2 aromatic heterocycles. The summed E-state index contributed by atoms with van der Waals surface area (Å²) in [7, 11) is 0. The molecule has 4 heteroatoms. The summed E-state index contributed by atoms with van der Waals surface area (Å²) in [5, 5.41) is 1.86. The Balaban J connectivity index is 2.28. The number of pyridine rings is 2. The smallest absolute Gasteiger partial charge is 0.107 e. The second-order valence-corrected chi connectivity index (χ2v) is 4.47. The van der Waals surface area contributed by atoms with Gasteiger partial charge in [-0.15, -0.1) is 0 Å². The van der Waals surface area contributed by atoms with Gasteiger partial charge in [0.15, 0.2) is 0 Å². The fourth-order valence-electron chi connectivity index (χ4n) is 1.34. The van der Waals surface area contributed by atoms with Crippen LogP contribution in [0.25, 0.3) is 0 Å². The van der Waals surface area contributed by atoms with Gasteiger partial charge in [0.25, 0.3) is 0 Å². The molecular weight excluding hydrogens is 218 g/mol. The lowest BCUT2D eigenvalue weighted by atomic mass is 10.2. The molecule has 0 fully saturated rings. The maximum Gasteiger partial charge on any atom is 0.107 e. The molecule has 0 saturated carbocycles. The van der Waals surface area contributed by atoms with Crippen molar-refractivity contribution in [1.82, 2.24) is 9.97 Å². The van der Waals surface area contributed by atoms with Crippen molar-refractivity contribution in [3.63, 3.8) is 0 Å². The van der Waals surface area contributed by atoms with Crippen LogP contribution in [0.2, 0.25) is 0 Å². The zero-order chi connectivity index (χ0) is 11.4. The normalized spacial score (nSPS) is 12.4. The van der Waals surface area contributed by atoms with E-state index in [1.54, 1.807) is 24.2 Å². The van der Waals surface area contributed by atoms with Gasteiger partial charge in [0.05, 0.1) is 0 Å². The highest BCUT2D eigenvalue weighted by atomic mass is 32.2. The van der Waals surface area contributed by atoms with Gasteiger partial charge in [0.2, 0.25) is 0 Å². The fraction of sp³-hybridized carbons (Fsp3) is 0.167. The molecule has 2 aromatic rings. The quantitative estimate of drug-likeness (QED) is 0.882. The molecule has 0 spiro atoms. The van der Waals surface area contributed by atoms with E-state index in [1.165, 1.54) is 0 Å². The Kier molecular flexibility index (Phi) is 3.54. The second kappa shape index (κ2) is 5.09. The molecule has 0 saturated heterocycles. The Bertz CT molecular complexity index is 457. The highest BCUT2D eigenvalue weighted by molar-refractivity contribution is 7.99. The Labute approximate surface area is 99.1 Å². The zero-order valence-electron chi connectivity index (χ0n) is 9.00. The summed E-state index contributed by atoms with van der Waals surface area (Å²) in [5.74, 6) is 0. The number of aromatic nitrogens is 2. The van der Waals surface area contributed by atoms with Crippen molar-refractivity contribution in [3.05, 3.63) is 48.3 Å². The Morgan fingerprint density at radius 3 is 2.62 bits per heavy atom. The standard InChI is InChI=1S/C12H13N3S/c1-9(13)10-5-4-8-15-12(10)16-11-6-2-3-7-14-11/h2-9H,13H2,1H3. The van der Waals surface area contributed by atoms with Crippen molar-refractivity contribution in [1.29, 1.82) is 0 Å². The molecule has 2 heterocycles. The van der Waals surface area contributed by atoms with Gasteiger partial charge in [-0.3, -0.25) is 0 Å². The lowest BCUT2D eigenvalue weighted by Crippen LogP contribution is -2.07. The summed E-state index contributed by atoms with van der Waals surface area (Å²) in [4.78, 5) is 8.59. The molecular formula is C12H13N3S. The summed E-state index contributed by atoms with van der Waals surface area (Å²) in [5.41, 5.74) is 6.95. The molecule has 2 N–H and O–H groups in total. The first kappa shape index (κ1) is 11.1. The van der Waals surface area contributed by atoms with Crippen LogP contribution in [0.15, 0.2) is 52.8 Å². The van der Waals surface area contributed by atoms with Crippen LogP contribution in [0.3, 0.4) is 0 Å². The molecule has 0 amide bonds. The molecule has 1 atom stereocenters. The molecule has 1 unspecified atom stereocenters. The highest BCUT2D eigenvalue weighted by Gasteiger charge is 2.09. The van der Waals surface area contributed by atoms with Crippen molar-refractivity contribution >= 4 is 11.8 Å². The summed E-state index contributed by atoms with van der Waals surface area (Å²) in [6.07, 6.45) is 3.55. The Morgan fingerprint density at radius 2 is 1.94 bits per heavy atom. The molecule has 0 aliphatic heterocycles. The maximum atomic E-state index is 5.89. The van der Waals surface area contributed by atoms with Gasteiger partial charge in [0, 0.05) is 24.0 Å². The van der Waals surface area contributed by atoms with E-state index < -0.39 is 0 Å². The van der Waals surface area contributed by atoms with E-state index in [0.717, 1.165) is 15.6 Å². The maximum absolute atomic E-state index is 5.89. The monoisotopic (exact) mass is 231 g/mol. The summed E-state index contributed by atoms with van der Waals surface area (Å²) in [6, 6.07) is 9.72. The summed E-state index contributed by atoms with van der Waals surface area (Å²) >= 11 is 1.54. The van der Waals surface area contributed by atoms with Crippen LogP contribution >= 0.6 is 11.8 Å². The van der Waals surface area contributed by atoms with Crippen LogP contribution in [0, 0.1) is 0 Å². The molecule has 82 valence electrons. The van der Waals surface area contributed by atoms with E-state index in [0.29, 0.717) is 0 Å². The minimum atomic E-state index is -0.0140. The van der Waals surface area contributed by atoms with Crippen LogP contribution < -0.4 is 5.73 Å². The van der Waals surface area contributed by atoms with Crippen LogP contribution in [-0.2, 0) is 0 Å². The van der Waals surface area contributed by atoms with Crippen molar-refractivity contribution in [2.75, 3.05) is 0 Å². The third-order valence-corrected chi connectivity index (χ3v) is 3.12. The largest absolute Gasteiger partial charge is 0.324 e. The van der Waals surface area contributed by atoms with E-state index in [-0.39, 0.29) is 6.04 Å². The molecule has 16 heavy (non-hydrogen) atoms. The van der Waals surface area contributed by atoms with Gasteiger partial charge in [-0.1, -0.05) is 12.1 Å². The van der Waals surface area contributed by atoms with Crippen molar-refractivity contribution in [2.45, 2.75) is 23.0 Å². The Morgan fingerprint density at radius 1 is 1.12 bits per heavy atom. The number of hydrogen-bond donors (Lipinski definition) is 1. The topological polar surface area (TPSA) is 51.8 Å². The molecule has 0 aliphatic carbocycles. The van der Waals surface area contributed by atoms with E-state index in [9.17, 15) is 0 Å². The average molecular weight is 231 g/mol. The van der Waals surface area contributed by atoms with Crippen LogP contribution in [0.4, 0.5) is 0 Å². The first-order valence-corrected chi connectivity index (χ1v) is 5.88. The summed E-state index contributed by atoms with van der Waals surface area (Å²) < 4.78 is 0. The van der Waals surface area contributed by atoms with E-state index in [1.807, 2.05) is 37.3 Å². The lowest BCUT2D eigenvalue weighted by Gasteiger charge is -2.09. The molecule has 0 aliphatic rings. The van der Waals surface area contributed by atoms with E-state index in [2.05, 4.69) is 9.97 Å². The van der Waals surface area contributed by atoms with Gasteiger partial charge < -0.3 is 5.73 Å². The lowest BCUT2D eigenvalue weighted by molar-refractivity contribution is 0.779. The van der Waals surface area contributed by atoms with Gasteiger partial charge in [-0.2, -0.15) is 0 Å². The zero-order valence-corrected chi connectivity index (χ0v) is 9.82. The van der Waals surface area contributed by atoms with Crippen LogP contribution in [0.5, 0.6) is 0 Å². The minimum absolute atomic E-state index is 0.0140. The predicted molar refractivity (Wildman–Crippen MR) is 65.2 cm³/mol. The molecule has 2 rings (SSSR count). The summed E-state index contributed by atoms with van der Waals surface area (Å²) in [6.45, 7) is 1.96. The first-order valence-electron chi connectivity index (χ1n) is 5.07. The number of hydrogen-bond acceptors (Lipinski definition) is 4. The molecule has 0 aromatic carbocycles. The molecule has 0 bridgehead atoms. The number of rotatable bonds is 3. The minimum Gasteiger partial charge on any atom is -0.324 e. The van der Waals surface area contributed by atoms with Crippen molar-refractivity contribution in [3.8, 4) is 0 Å².